The lowest BCUT2D eigenvalue weighted by molar-refractivity contribution is -0.144. The van der Waals surface area contributed by atoms with E-state index in [9.17, 15) is 24.3 Å². The van der Waals surface area contributed by atoms with E-state index in [2.05, 4.69) is 15.9 Å². The minimum absolute atomic E-state index is 0.0291. The summed E-state index contributed by atoms with van der Waals surface area (Å²) in [6, 6.07) is 4.68. The first-order valence-corrected chi connectivity index (χ1v) is 16.0. The fourth-order valence-electron chi connectivity index (χ4n) is 8.29. The molecule has 0 spiro atoms. The summed E-state index contributed by atoms with van der Waals surface area (Å²) in [5.41, 5.74) is 2.00. The largest absolute Gasteiger partial charge is 0.508 e. The van der Waals surface area contributed by atoms with E-state index in [1.165, 1.54) is 11.0 Å². The monoisotopic (exact) mass is 662 g/mol. The smallest absolute Gasteiger partial charge is 0.254 e. The van der Waals surface area contributed by atoms with Gasteiger partial charge in [-0.3, -0.25) is 29.0 Å². The number of ether oxygens (including phenoxy) is 1. The molecule has 1 N–H and O–H groups in total. The Morgan fingerprint density at radius 3 is 2.51 bits per heavy atom. The molecule has 0 radical (unpaired) electrons. The van der Waals surface area contributed by atoms with Crippen LogP contribution in [0.3, 0.4) is 0 Å². The van der Waals surface area contributed by atoms with Gasteiger partial charge in [0.2, 0.25) is 11.8 Å². The van der Waals surface area contributed by atoms with E-state index in [0.29, 0.717) is 29.7 Å². The molecule has 6 aliphatic rings. The standard InChI is InChI=1S/C30H29BrCl2N2O6/c31-14-34-27(39)29(32)12-21-19(7-8-20-23(21)26(38)35(25(20)37)17-4-2-1-3-5-17)24(30(29,33)28(34)40)16-10-15-11-18(36)6-9-22(15)41-13-16/h6-7,9,11,13,17,20-21,23-24,36H,1-5,8,10,12,14H2/t20-,21+,23-,24-,29+,30-/m0/s1. The van der Waals surface area contributed by atoms with Crippen molar-refractivity contribution in [2.75, 3.05) is 5.45 Å². The van der Waals surface area contributed by atoms with E-state index in [1.54, 1.807) is 18.4 Å². The lowest BCUT2D eigenvalue weighted by atomic mass is 9.56. The van der Waals surface area contributed by atoms with Gasteiger partial charge >= 0.3 is 0 Å². The maximum atomic E-state index is 14.1. The third kappa shape index (κ3) is 3.64. The number of allylic oxidation sites excluding steroid dienone is 3. The van der Waals surface area contributed by atoms with E-state index in [1.807, 2.05) is 6.08 Å². The molecule has 7 rings (SSSR count). The number of phenolic OH excluding ortho intramolecular Hbond substituents is 1. The van der Waals surface area contributed by atoms with Crippen molar-refractivity contribution < 1.29 is 29.0 Å². The van der Waals surface area contributed by atoms with Crippen LogP contribution in [0.5, 0.6) is 11.5 Å². The second-order valence-corrected chi connectivity index (χ2v) is 13.8. The van der Waals surface area contributed by atoms with Crippen LogP contribution in [-0.2, 0) is 25.6 Å². The number of hydrogen-bond donors (Lipinski definition) is 1. The summed E-state index contributed by atoms with van der Waals surface area (Å²) in [6.07, 6.45) is 8.77. The maximum Gasteiger partial charge on any atom is 0.254 e. The summed E-state index contributed by atoms with van der Waals surface area (Å²) in [6.45, 7) is 0. The summed E-state index contributed by atoms with van der Waals surface area (Å²) in [5.74, 6) is -3.56. The van der Waals surface area contributed by atoms with Gasteiger partial charge in [0.05, 0.1) is 23.6 Å². The first-order valence-electron chi connectivity index (χ1n) is 14.2. The fourth-order valence-corrected chi connectivity index (χ4v) is 9.73. The number of hydrogen-bond acceptors (Lipinski definition) is 6. The van der Waals surface area contributed by atoms with Gasteiger partial charge in [-0.15, -0.1) is 23.2 Å². The molecule has 41 heavy (non-hydrogen) atoms. The van der Waals surface area contributed by atoms with E-state index >= 15 is 0 Å². The third-order valence-corrected chi connectivity index (χ3v) is 12.1. The van der Waals surface area contributed by atoms with Crippen molar-refractivity contribution >= 4 is 62.8 Å². The molecule has 6 atom stereocenters. The van der Waals surface area contributed by atoms with Gasteiger partial charge in [0.15, 0.2) is 9.75 Å². The minimum atomic E-state index is -1.87. The van der Waals surface area contributed by atoms with Gasteiger partial charge in [-0.2, -0.15) is 0 Å². The average molecular weight is 664 g/mol. The number of halogens is 3. The van der Waals surface area contributed by atoms with Crippen molar-refractivity contribution in [3.05, 3.63) is 47.2 Å². The predicted molar refractivity (Wildman–Crippen MR) is 153 cm³/mol. The molecule has 3 aliphatic carbocycles. The van der Waals surface area contributed by atoms with Crippen LogP contribution in [0.25, 0.3) is 0 Å². The van der Waals surface area contributed by atoms with Crippen LogP contribution < -0.4 is 4.74 Å². The first-order chi connectivity index (χ1) is 19.6. The normalized spacial score (nSPS) is 36.8. The topological polar surface area (TPSA) is 104 Å². The fraction of sp³-hybridized carbons (Fsp3) is 0.533. The van der Waals surface area contributed by atoms with Crippen molar-refractivity contribution in [3.8, 4) is 11.5 Å². The molecule has 4 fully saturated rings. The predicted octanol–water partition coefficient (Wildman–Crippen LogP) is 4.79. The van der Waals surface area contributed by atoms with E-state index in [-0.39, 0.29) is 35.5 Å². The second kappa shape index (κ2) is 9.58. The van der Waals surface area contributed by atoms with Crippen molar-refractivity contribution in [1.29, 1.82) is 0 Å². The van der Waals surface area contributed by atoms with Crippen LogP contribution in [0, 0.1) is 23.7 Å². The Kier molecular flexibility index (Phi) is 6.42. The molecule has 3 aliphatic heterocycles. The average Bonchev–Trinajstić information content (AvgIpc) is 3.30. The number of aromatic hydroxyl groups is 1. The zero-order valence-electron chi connectivity index (χ0n) is 22.2. The third-order valence-electron chi connectivity index (χ3n) is 10.1. The number of imide groups is 2. The number of rotatable bonds is 3. The molecule has 0 bridgehead atoms. The van der Waals surface area contributed by atoms with Gasteiger partial charge in [0, 0.05) is 23.9 Å². The zero-order valence-corrected chi connectivity index (χ0v) is 25.3. The Labute approximate surface area is 255 Å². The van der Waals surface area contributed by atoms with Crippen LogP contribution in [0.2, 0.25) is 0 Å². The Bertz CT molecular complexity index is 1460. The number of carbonyl (C=O) groups is 4. The van der Waals surface area contributed by atoms with E-state index in [0.717, 1.165) is 42.6 Å². The molecule has 8 nitrogen and oxygen atoms in total. The van der Waals surface area contributed by atoms with Crippen molar-refractivity contribution in [3.63, 3.8) is 0 Å². The summed E-state index contributed by atoms with van der Waals surface area (Å²) in [7, 11) is 0. The lowest BCUT2D eigenvalue weighted by Crippen LogP contribution is -2.61. The molecule has 2 saturated heterocycles. The molecule has 1 aromatic carbocycles. The quantitative estimate of drug-likeness (QED) is 0.216. The van der Waals surface area contributed by atoms with Crippen molar-refractivity contribution in [2.24, 2.45) is 23.7 Å². The highest BCUT2D eigenvalue weighted by Crippen LogP contribution is 2.65. The van der Waals surface area contributed by atoms with Crippen LogP contribution in [0.1, 0.15) is 50.5 Å². The molecular formula is C30H29BrCl2N2O6. The number of nitrogens with zero attached hydrogens (tertiary/aromatic N) is 2. The van der Waals surface area contributed by atoms with Crippen LogP contribution in [-0.4, -0.2) is 59.8 Å². The highest BCUT2D eigenvalue weighted by molar-refractivity contribution is 9.09. The van der Waals surface area contributed by atoms with Gasteiger partial charge in [-0.25, -0.2) is 0 Å². The lowest BCUT2D eigenvalue weighted by Gasteiger charge is -2.51. The van der Waals surface area contributed by atoms with Gasteiger partial charge in [0.25, 0.3) is 11.8 Å². The summed E-state index contributed by atoms with van der Waals surface area (Å²) < 4.78 is 5.94. The highest BCUT2D eigenvalue weighted by Gasteiger charge is 2.76. The van der Waals surface area contributed by atoms with Crippen LogP contribution in [0.15, 0.2) is 41.7 Å². The Balaban J connectivity index is 1.34. The van der Waals surface area contributed by atoms with E-state index < -0.39 is 45.2 Å². The number of amides is 4. The summed E-state index contributed by atoms with van der Waals surface area (Å²) >= 11 is 17.9. The zero-order chi connectivity index (χ0) is 28.8. The number of alkyl halides is 3. The van der Waals surface area contributed by atoms with Gasteiger partial charge < -0.3 is 9.84 Å². The van der Waals surface area contributed by atoms with Crippen LogP contribution >= 0.6 is 39.1 Å². The van der Waals surface area contributed by atoms with Gasteiger partial charge in [-0.05, 0) is 55.4 Å². The number of likely N-dealkylation sites (tertiary alicyclic amines) is 2. The molecule has 11 heteroatoms. The number of benzene rings is 1. The molecule has 0 unspecified atom stereocenters. The summed E-state index contributed by atoms with van der Waals surface area (Å²) in [4.78, 5) is 54.3. The Morgan fingerprint density at radius 2 is 1.78 bits per heavy atom. The summed E-state index contributed by atoms with van der Waals surface area (Å²) in [5, 5.41) is 10.1. The van der Waals surface area contributed by atoms with E-state index in [4.69, 9.17) is 27.9 Å². The Morgan fingerprint density at radius 1 is 1.02 bits per heavy atom. The first kappa shape index (κ1) is 27.5. The highest BCUT2D eigenvalue weighted by atomic mass is 79.9. The van der Waals surface area contributed by atoms with Crippen LogP contribution in [0.4, 0.5) is 0 Å². The molecule has 1 aromatic rings. The van der Waals surface area contributed by atoms with Gasteiger partial charge in [0.1, 0.15) is 11.5 Å². The SMILES string of the molecule is O=C1[C@H]2[C@H](CC=C3[C@H](C4=COc5ccc(O)cc5C4)[C@]4(Cl)C(=O)N(CBr)C(=O)[C@]4(Cl)C[C@H]32)C(=O)N1C1CCCCC1. The van der Waals surface area contributed by atoms with Gasteiger partial charge in [-0.1, -0.05) is 46.8 Å². The Hall–Kier alpha value is -2.36. The van der Waals surface area contributed by atoms with Crippen molar-refractivity contribution in [1.82, 2.24) is 9.80 Å². The van der Waals surface area contributed by atoms with Crippen molar-refractivity contribution in [2.45, 2.75) is 67.2 Å². The molecule has 4 amide bonds. The number of phenols is 1. The molecule has 3 heterocycles. The second-order valence-electron chi connectivity index (χ2n) is 12.1. The number of carbonyl (C=O) groups excluding carboxylic acids is 4. The molecular weight excluding hydrogens is 635 g/mol. The molecule has 2 saturated carbocycles. The molecule has 0 aromatic heterocycles. The number of fused-ring (bicyclic) bond motifs is 5. The molecule has 216 valence electrons. The minimum Gasteiger partial charge on any atom is -0.508 e. The maximum absolute atomic E-state index is 14.1.